The van der Waals surface area contributed by atoms with E-state index in [4.69, 9.17) is 22.9 Å². The van der Waals surface area contributed by atoms with Crippen molar-refractivity contribution in [1.82, 2.24) is 0 Å². The highest BCUT2D eigenvalue weighted by Gasteiger charge is 2.17. The van der Waals surface area contributed by atoms with Crippen LogP contribution in [0.15, 0.2) is 18.2 Å². The van der Waals surface area contributed by atoms with Crippen LogP contribution in [-0.4, -0.2) is 18.2 Å². The van der Waals surface area contributed by atoms with E-state index in [9.17, 15) is 4.79 Å². The van der Waals surface area contributed by atoms with Crippen LogP contribution in [0.2, 0.25) is 5.02 Å². The van der Waals surface area contributed by atoms with E-state index in [-0.39, 0.29) is 0 Å². The minimum absolute atomic E-state index is 0.426. The number of carbonyl (C=O) groups is 1. The van der Waals surface area contributed by atoms with E-state index in [0.717, 1.165) is 5.56 Å². The van der Waals surface area contributed by atoms with Crippen molar-refractivity contribution >= 4 is 23.4 Å². The predicted molar refractivity (Wildman–Crippen MR) is 76.5 cm³/mol. The molecule has 0 saturated heterocycles. The SMILES string of the molecule is [C-]#[N+]CCc1ccc(NC(=O)OC(C)(C)C)c(Cl)c1. The van der Waals surface area contributed by atoms with E-state index >= 15 is 0 Å². The van der Waals surface area contributed by atoms with Crippen molar-refractivity contribution < 1.29 is 9.53 Å². The average molecular weight is 281 g/mol. The summed E-state index contributed by atoms with van der Waals surface area (Å²) in [6.45, 7) is 12.5. The van der Waals surface area contributed by atoms with Gasteiger partial charge in [-0.25, -0.2) is 11.4 Å². The summed E-state index contributed by atoms with van der Waals surface area (Å²) in [6, 6.07) is 5.30. The molecule has 102 valence electrons. The molecule has 0 aliphatic heterocycles. The van der Waals surface area contributed by atoms with Crippen molar-refractivity contribution in [3.05, 3.63) is 40.2 Å². The molecule has 0 aliphatic carbocycles. The highest BCUT2D eigenvalue weighted by Crippen LogP contribution is 2.24. The Bertz CT molecular complexity index is 501. The zero-order valence-corrected chi connectivity index (χ0v) is 12.0. The first-order chi connectivity index (χ1) is 8.81. The largest absolute Gasteiger partial charge is 0.444 e. The van der Waals surface area contributed by atoms with E-state index in [2.05, 4.69) is 10.2 Å². The summed E-state index contributed by atoms with van der Waals surface area (Å²) in [5, 5.41) is 3.03. The van der Waals surface area contributed by atoms with Gasteiger partial charge in [-0.2, -0.15) is 0 Å². The molecule has 4 nitrogen and oxygen atoms in total. The fourth-order valence-corrected chi connectivity index (χ4v) is 1.66. The monoisotopic (exact) mass is 280 g/mol. The van der Waals surface area contributed by atoms with Crippen LogP contribution in [-0.2, 0) is 11.2 Å². The Morgan fingerprint density at radius 1 is 1.47 bits per heavy atom. The number of hydrogen-bond donors (Lipinski definition) is 1. The fourth-order valence-electron chi connectivity index (χ4n) is 1.41. The molecule has 0 radical (unpaired) electrons. The van der Waals surface area contributed by atoms with Crippen molar-refractivity contribution in [2.24, 2.45) is 0 Å². The van der Waals surface area contributed by atoms with E-state index in [0.29, 0.717) is 23.7 Å². The van der Waals surface area contributed by atoms with Gasteiger partial charge in [0.15, 0.2) is 0 Å². The number of benzene rings is 1. The summed E-state index contributed by atoms with van der Waals surface area (Å²) < 4.78 is 5.14. The van der Waals surface area contributed by atoms with Crippen LogP contribution in [0.25, 0.3) is 4.85 Å². The number of nitrogens with zero attached hydrogens (tertiary/aromatic N) is 1. The number of halogens is 1. The first-order valence-corrected chi connectivity index (χ1v) is 6.31. The van der Waals surface area contributed by atoms with Gasteiger partial charge in [-0.15, -0.1) is 0 Å². The normalized spacial score (nSPS) is 10.7. The van der Waals surface area contributed by atoms with Crippen LogP contribution in [0.1, 0.15) is 26.3 Å². The number of anilines is 1. The Labute approximate surface area is 118 Å². The molecule has 0 aromatic heterocycles. The van der Waals surface area contributed by atoms with Crippen molar-refractivity contribution in [2.45, 2.75) is 32.8 Å². The maximum Gasteiger partial charge on any atom is 0.412 e. The van der Waals surface area contributed by atoms with Gasteiger partial charge in [-0.1, -0.05) is 17.7 Å². The van der Waals surface area contributed by atoms with E-state index in [1.54, 1.807) is 32.9 Å². The lowest BCUT2D eigenvalue weighted by Gasteiger charge is -2.20. The minimum Gasteiger partial charge on any atom is -0.444 e. The molecule has 1 rings (SSSR count). The van der Waals surface area contributed by atoms with Crippen LogP contribution in [0, 0.1) is 6.57 Å². The topological polar surface area (TPSA) is 42.7 Å². The molecular weight excluding hydrogens is 264 g/mol. The third kappa shape index (κ3) is 5.62. The van der Waals surface area contributed by atoms with Crippen molar-refractivity contribution in [3.63, 3.8) is 0 Å². The van der Waals surface area contributed by atoms with Crippen LogP contribution in [0.4, 0.5) is 10.5 Å². The Kier molecular flexibility index (Phi) is 5.20. The van der Waals surface area contributed by atoms with E-state index in [1.165, 1.54) is 0 Å². The molecule has 1 aromatic carbocycles. The fraction of sp³-hybridized carbons (Fsp3) is 0.429. The van der Waals surface area contributed by atoms with Gasteiger partial charge in [0, 0.05) is 6.42 Å². The maximum absolute atomic E-state index is 11.6. The Hall–Kier alpha value is -1.73. The van der Waals surface area contributed by atoms with Crippen LogP contribution in [0.5, 0.6) is 0 Å². The molecule has 0 aliphatic rings. The molecule has 0 saturated carbocycles. The molecule has 19 heavy (non-hydrogen) atoms. The minimum atomic E-state index is -0.549. The molecule has 1 amide bonds. The standard InChI is InChI=1S/C14H17ClN2O2/c1-14(2,3)19-13(18)17-12-6-5-10(7-8-16-4)9-11(12)15/h5-6,9H,7-8H2,1-3H3,(H,17,18). The quantitative estimate of drug-likeness (QED) is 0.845. The number of rotatable bonds is 3. The van der Waals surface area contributed by atoms with Gasteiger partial charge in [0.05, 0.1) is 10.7 Å². The molecule has 1 N–H and O–H groups in total. The third-order valence-electron chi connectivity index (χ3n) is 2.18. The Morgan fingerprint density at radius 2 is 2.16 bits per heavy atom. The molecule has 0 bridgehead atoms. The van der Waals surface area contributed by atoms with Crippen molar-refractivity contribution in [2.75, 3.05) is 11.9 Å². The van der Waals surface area contributed by atoms with Gasteiger partial charge in [0.2, 0.25) is 6.54 Å². The summed E-state index contributed by atoms with van der Waals surface area (Å²) in [5.74, 6) is 0. The maximum atomic E-state index is 11.6. The summed E-state index contributed by atoms with van der Waals surface area (Å²) in [5.41, 5.74) is 0.921. The lowest BCUT2D eigenvalue weighted by Crippen LogP contribution is -2.27. The average Bonchev–Trinajstić information content (AvgIpc) is 2.27. The van der Waals surface area contributed by atoms with Gasteiger partial charge < -0.3 is 9.58 Å². The van der Waals surface area contributed by atoms with Crippen LogP contribution in [0.3, 0.4) is 0 Å². The highest BCUT2D eigenvalue weighted by atomic mass is 35.5. The predicted octanol–water partition coefficient (Wildman–Crippen LogP) is 4.15. The zero-order valence-electron chi connectivity index (χ0n) is 11.3. The molecule has 0 fully saturated rings. The number of amides is 1. The lowest BCUT2D eigenvalue weighted by molar-refractivity contribution is 0.0636. The molecule has 1 aromatic rings. The first kappa shape index (κ1) is 15.3. The summed E-state index contributed by atoms with van der Waals surface area (Å²) in [6.07, 6.45) is 0.110. The third-order valence-corrected chi connectivity index (χ3v) is 2.49. The number of nitrogens with one attached hydrogen (secondary N) is 1. The molecule has 0 atom stereocenters. The van der Waals surface area contributed by atoms with Gasteiger partial charge in [0.25, 0.3) is 0 Å². The summed E-state index contributed by atoms with van der Waals surface area (Å²) in [4.78, 5) is 14.9. The molecule has 0 spiro atoms. The lowest BCUT2D eigenvalue weighted by atomic mass is 10.1. The van der Waals surface area contributed by atoms with Crippen molar-refractivity contribution in [3.8, 4) is 0 Å². The van der Waals surface area contributed by atoms with E-state index < -0.39 is 11.7 Å². The van der Waals surface area contributed by atoms with Gasteiger partial charge >= 0.3 is 6.09 Å². The van der Waals surface area contributed by atoms with E-state index in [1.807, 2.05) is 6.07 Å². The van der Waals surface area contributed by atoms with Crippen LogP contribution < -0.4 is 5.32 Å². The second-order valence-electron chi connectivity index (χ2n) is 5.07. The smallest absolute Gasteiger partial charge is 0.412 e. The second kappa shape index (κ2) is 6.44. The molecule has 5 heteroatoms. The highest BCUT2D eigenvalue weighted by molar-refractivity contribution is 6.33. The van der Waals surface area contributed by atoms with Crippen LogP contribution >= 0.6 is 11.6 Å². The number of ether oxygens (including phenoxy) is 1. The molecular formula is C14H17ClN2O2. The number of carbonyl (C=O) groups excluding carboxylic acids is 1. The van der Waals surface area contributed by atoms with Gasteiger partial charge in [-0.05, 0) is 38.5 Å². The first-order valence-electron chi connectivity index (χ1n) is 5.93. The Balaban J connectivity index is 2.70. The van der Waals surface area contributed by atoms with Gasteiger partial charge in [0.1, 0.15) is 5.60 Å². The summed E-state index contributed by atoms with van der Waals surface area (Å²) in [7, 11) is 0. The second-order valence-corrected chi connectivity index (χ2v) is 5.48. The van der Waals surface area contributed by atoms with Crippen molar-refractivity contribution in [1.29, 1.82) is 0 Å². The summed E-state index contributed by atoms with van der Waals surface area (Å²) >= 11 is 6.08. The molecule has 0 unspecified atom stereocenters. The Morgan fingerprint density at radius 3 is 2.68 bits per heavy atom. The zero-order chi connectivity index (χ0) is 14.5. The van der Waals surface area contributed by atoms with Gasteiger partial charge in [-0.3, -0.25) is 5.32 Å². The molecule has 0 heterocycles. The number of hydrogen-bond acceptors (Lipinski definition) is 2.